The van der Waals surface area contributed by atoms with Crippen LogP contribution in [-0.2, 0) is 12.8 Å². The fraction of sp³-hybridized carbons (Fsp3) is 0.133. The van der Waals surface area contributed by atoms with E-state index in [0.29, 0.717) is 0 Å². The van der Waals surface area contributed by atoms with Gasteiger partial charge in [0.1, 0.15) is 5.82 Å². The minimum atomic E-state index is -0.249. The predicted octanol–water partition coefficient (Wildman–Crippen LogP) is 7.07. The molecule has 5 nitrogen and oxygen atoms in total. The average Bonchev–Trinajstić information content (AvgIpc) is 3.24. The number of nitrogens with zero attached hydrogens (tertiary/aromatic N) is 2. The first-order valence-corrected chi connectivity index (χ1v) is 11.8. The summed E-state index contributed by atoms with van der Waals surface area (Å²) in [6.07, 6.45) is 1.66. The first-order valence-electron chi connectivity index (χ1n) is 11.8. The zero-order valence-corrected chi connectivity index (χ0v) is 20.0. The molecule has 5 aromatic rings. The van der Waals surface area contributed by atoms with Gasteiger partial charge in [-0.2, -0.15) is 0 Å². The smallest absolute Gasteiger partial charge is 0.308 e. The number of nitrogens with one attached hydrogen (secondary N) is 2. The summed E-state index contributed by atoms with van der Waals surface area (Å²) in [6.45, 7) is 4.03. The van der Waals surface area contributed by atoms with E-state index in [1.807, 2.05) is 50.2 Å². The number of para-hydroxylation sites is 3. The number of benzene rings is 4. The molecule has 0 saturated carbocycles. The topological polar surface area (TPSA) is 59.0 Å². The van der Waals surface area contributed by atoms with E-state index in [0.717, 1.165) is 52.3 Å². The third-order valence-electron chi connectivity index (χ3n) is 6.12. The van der Waals surface area contributed by atoms with Crippen LogP contribution in [0, 0.1) is 13.8 Å². The van der Waals surface area contributed by atoms with Crippen LogP contribution in [0.5, 0.6) is 0 Å². The number of amides is 2. The first kappa shape index (κ1) is 22.4. The van der Waals surface area contributed by atoms with Crippen LogP contribution in [0.15, 0.2) is 97.1 Å². The van der Waals surface area contributed by atoms with Gasteiger partial charge in [0.2, 0.25) is 0 Å². The van der Waals surface area contributed by atoms with E-state index in [2.05, 4.69) is 75.9 Å². The van der Waals surface area contributed by atoms with Crippen LogP contribution in [0.1, 0.15) is 22.5 Å². The van der Waals surface area contributed by atoms with Crippen molar-refractivity contribution in [3.8, 4) is 5.69 Å². The lowest BCUT2D eigenvalue weighted by Crippen LogP contribution is -2.20. The van der Waals surface area contributed by atoms with E-state index in [-0.39, 0.29) is 6.03 Å². The van der Waals surface area contributed by atoms with Crippen molar-refractivity contribution in [2.75, 3.05) is 10.6 Å². The van der Waals surface area contributed by atoms with Crippen LogP contribution in [0.3, 0.4) is 0 Å². The molecule has 0 saturated heterocycles. The number of imidazole rings is 1. The lowest BCUT2D eigenvalue weighted by molar-refractivity contribution is 0.262. The molecule has 1 aromatic heterocycles. The Morgan fingerprint density at radius 1 is 0.800 bits per heavy atom. The van der Waals surface area contributed by atoms with Gasteiger partial charge in [-0.15, -0.1) is 0 Å². The zero-order valence-electron chi connectivity index (χ0n) is 20.0. The molecule has 0 aliphatic carbocycles. The van der Waals surface area contributed by atoms with Gasteiger partial charge in [-0.25, -0.2) is 9.78 Å². The molecule has 174 valence electrons. The summed E-state index contributed by atoms with van der Waals surface area (Å²) in [5.74, 6) is 1.03. The molecule has 5 heteroatoms. The van der Waals surface area contributed by atoms with E-state index >= 15 is 0 Å². The highest BCUT2D eigenvalue weighted by Gasteiger charge is 2.12. The quantitative estimate of drug-likeness (QED) is 0.285. The number of hydrogen-bond donors (Lipinski definition) is 2. The number of carbonyl (C=O) groups is 1. The molecule has 2 N–H and O–H groups in total. The zero-order chi connectivity index (χ0) is 24.2. The van der Waals surface area contributed by atoms with Gasteiger partial charge in [-0.1, -0.05) is 60.2 Å². The number of rotatable bonds is 6. The maximum absolute atomic E-state index is 12.4. The van der Waals surface area contributed by atoms with E-state index in [1.165, 1.54) is 11.1 Å². The highest BCUT2D eigenvalue weighted by molar-refractivity contribution is 6.00. The third-order valence-corrected chi connectivity index (χ3v) is 6.12. The van der Waals surface area contributed by atoms with Crippen LogP contribution in [-0.4, -0.2) is 15.6 Å². The van der Waals surface area contributed by atoms with E-state index in [4.69, 9.17) is 4.98 Å². The van der Waals surface area contributed by atoms with Gasteiger partial charge in [-0.3, -0.25) is 4.57 Å². The summed E-state index contributed by atoms with van der Waals surface area (Å²) in [5.41, 5.74) is 8.20. The van der Waals surface area contributed by atoms with Crippen molar-refractivity contribution >= 4 is 28.4 Å². The summed E-state index contributed by atoms with van der Waals surface area (Å²) >= 11 is 0. The second-order valence-electron chi connectivity index (χ2n) is 8.78. The predicted molar refractivity (Wildman–Crippen MR) is 143 cm³/mol. The van der Waals surface area contributed by atoms with Gasteiger partial charge in [0.25, 0.3) is 0 Å². The Hall–Kier alpha value is -4.38. The van der Waals surface area contributed by atoms with Crippen molar-refractivity contribution < 1.29 is 4.79 Å². The molecule has 0 unspecified atom stereocenters. The molecular weight excluding hydrogens is 432 g/mol. The standard InChI is InChI=1S/C30H28N4O/c1-21-12-18-26(22(2)20-21)33-30(35)31-24-16-13-23(14-17-24)15-19-29-32-27-10-6-7-11-28(27)34(29)25-8-4-3-5-9-25/h3-14,16-18,20H,15,19H2,1-2H3,(H2,31,33,35). The Labute approximate surface area is 205 Å². The average molecular weight is 461 g/mol. The maximum atomic E-state index is 12.4. The Balaban J connectivity index is 1.26. The van der Waals surface area contributed by atoms with Crippen molar-refractivity contribution in [2.24, 2.45) is 0 Å². The van der Waals surface area contributed by atoms with Crippen LogP contribution in [0.2, 0.25) is 0 Å². The molecule has 0 aliphatic heterocycles. The van der Waals surface area contributed by atoms with Crippen LogP contribution in [0.25, 0.3) is 16.7 Å². The Morgan fingerprint density at radius 3 is 2.31 bits per heavy atom. The van der Waals surface area contributed by atoms with Crippen molar-refractivity contribution in [3.63, 3.8) is 0 Å². The van der Waals surface area contributed by atoms with Gasteiger partial charge < -0.3 is 10.6 Å². The molecule has 4 aromatic carbocycles. The van der Waals surface area contributed by atoms with Crippen molar-refractivity contribution in [2.45, 2.75) is 26.7 Å². The van der Waals surface area contributed by atoms with Gasteiger partial charge in [0.15, 0.2) is 0 Å². The molecule has 35 heavy (non-hydrogen) atoms. The fourth-order valence-corrected chi connectivity index (χ4v) is 4.36. The monoisotopic (exact) mass is 460 g/mol. The lowest BCUT2D eigenvalue weighted by atomic mass is 10.1. The minimum Gasteiger partial charge on any atom is -0.308 e. The molecule has 5 rings (SSSR count). The Bertz CT molecular complexity index is 1470. The normalized spacial score (nSPS) is 10.9. The second kappa shape index (κ2) is 9.85. The van der Waals surface area contributed by atoms with Gasteiger partial charge in [0, 0.05) is 23.5 Å². The number of aromatic nitrogens is 2. The molecule has 2 amide bonds. The summed E-state index contributed by atoms with van der Waals surface area (Å²) in [6, 6.07) is 32.3. The van der Waals surface area contributed by atoms with Crippen molar-refractivity contribution in [1.29, 1.82) is 0 Å². The Morgan fingerprint density at radius 2 is 1.54 bits per heavy atom. The maximum Gasteiger partial charge on any atom is 0.323 e. The number of urea groups is 1. The second-order valence-corrected chi connectivity index (χ2v) is 8.78. The highest BCUT2D eigenvalue weighted by atomic mass is 16.2. The number of hydrogen-bond acceptors (Lipinski definition) is 2. The largest absolute Gasteiger partial charge is 0.323 e. The molecule has 0 radical (unpaired) electrons. The van der Waals surface area contributed by atoms with Gasteiger partial charge in [0.05, 0.1) is 11.0 Å². The van der Waals surface area contributed by atoms with Crippen molar-refractivity contribution in [1.82, 2.24) is 9.55 Å². The van der Waals surface area contributed by atoms with Crippen LogP contribution < -0.4 is 10.6 Å². The molecular formula is C30H28N4O. The third kappa shape index (κ3) is 5.09. The number of aryl methyl sites for hydroxylation is 4. The fourth-order valence-electron chi connectivity index (χ4n) is 4.36. The summed E-state index contributed by atoms with van der Waals surface area (Å²) in [4.78, 5) is 17.3. The molecule has 0 bridgehead atoms. The SMILES string of the molecule is Cc1ccc(NC(=O)Nc2ccc(CCc3nc4ccccc4n3-c3ccccc3)cc2)c(C)c1. The summed E-state index contributed by atoms with van der Waals surface area (Å²) in [7, 11) is 0. The van der Waals surface area contributed by atoms with Crippen molar-refractivity contribution in [3.05, 3.63) is 120 Å². The molecule has 0 atom stereocenters. The van der Waals surface area contributed by atoms with E-state index in [9.17, 15) is 4.79 Å². The van der Waals surface area contributed by atoms with Crippen LogP contribution >= 0.6 is 0 Å². The van der Waals surface area contributed by atoms with Crippen LogP contribution in [0.4, 0.5) is 16.2 Å². The summed E-state index contributed by atoms with van der Waals surface area (Å²) in [5, 5.41) is 5.84. The number of fused-ring (bicyclic) bond motifs is 1. The Kier molecular flexibility index (Phi) is 6.31. The summed E-state index contributed by atoms with van der Waals surface area (Å²) < 4.78 is 2.24. The lowest BCUT2D eigenvalue weighted by Gasteiger charge is -2.11. The molecule has 0 fully saturated rings. The molecule has 1 heterocycles. The minimum absolute atomic E-state index is 0.249. The highest BCUT2D eigenvalue weighted by Crippen LogP contribution is 2.23. The van der Waals surface area contributed by atoms with Gasteiger partial charge >= 0.3 is 6.03 Å². The first-order chi connectivity index (χ1) is 17.1. The molecule has 0 aliphatic rings. The number of carbonyl (C=O) groups excluding carboxylic acids is 1. The van der Waals surface area contributed by atoms with Gasteiger partial charge in [-0.05, 0) is 73.9 Å². The number of anilines is 2. The molecule has 0 spiro atoms. The van der Waals surface area contributed by atoms with E-state index in [1.54, 1.807) is 0 Å². The van der Waals surface area contributed by atoms with E-state index < -0.39 is 0 Å².